The van der Waals surface area contributed by atoms with Gasteiger partial charge in [0.2, 0.25) is 0 Å². The first kappa shape index (κ1) is 8.14. The van der Waals surface area contributed by atoms with Crippen LogP contribution in [0.5, 0.6) is 0 Å². The molecular weight excluding hydrogens is 184 g/mol. The Kier molecular flexibility index (Phi) is 2.11. The highest BCUT2D eigenvalue weighted by atomic mass is 32.2. The van der Waals surface area contributed by atoms with Gasteiger partial charge in [-0.2, -0.15) is 0 Å². The van der Waals surface area contributed by atoms with E-state index in [9.17, 15) is 0 Å². The van der Waals surface area contributed by atoms with E-state index in [2.05, 4.69) is 37.4 Å². The normalized spacial score (nSPS) is 10.8. The molecule has 0 radical (unpaired) electrons. The number of hydrogen-bond acceptors (Lipinski definition) is 2. The van der Waals surface area contributed by atoms with Crippen LogP contribution in [0.25, 0.3) is 10.1 Å². The second-order valence-corrected chi connectivity index (χ2v) is 4.93. The summed E-state index contributed by atoms with van der Waals surface area (Å²) in [5.41, 5.74) is 0. The number of aryl methyl sites for hydroxylation is 1. The van der Waals surface area contributed by atoms with Crippen LogP contribution < -0.4 is 0 Å². The second kappa shape index (κ2) is 3.11. The lowest BCUT2D eigenvalue weighted by Gasteiger charge is -1.94. The van der Waals surface area contributed by atoms with Crippen molar-refractivity contribution in [3.8, 4) is 0 Å². The highest BCUT2D eigenvalue weighted by Crippen LogP contribution is 2.28. The summed E-state index contributed by atoms with van der Waals surface area (Å²) in [4.78, 5) is 2.74. The van der Waals surface area contributed by atoms with Gasteiger partial charge in [0, 0.05) is 14.5 Å². The molecule has 1 aromatic heterocycles. The Balaban J connectivity index is 2.66. The first-order valence-electron chi connectivity index (χ1n) is 3.84. The predicted octanol–water partition coefficient (Wildman–Crippen LogP) is 3.93. The molecule has 0 amide bonds. The Labute approximate surface area is 80.6 Å². The van der Waals surface area contributed by atoms with E-state index in [1.54, 1.807) is 11.8 Å². The van der Waals surface area contributed by atoms with Crippen molar-refractivity contribution in [2.75, 3.05) is 6.26 Å². The fourth-order valence-electron chi connectivity index (χ4n) is 1.27. The smallest absolute Gasteiger partial charge is 0.0356 e. The number of fused-ring (bicyclic) bond motifs is 1. The van der Waals surface area contributed by atoms with Gasteiger partial charge in [-0.15, -0.1) is 23.1 Å². The lowest BCUT2D eigenvalue weighted by Crippen LogP contribution is -1.66. The highest BCUT2D eigenvalue weighted by Gasteiger charge is 1.98. The van der Waals surface area contributed by atoms with Gasteiger partial charge in [0.05, 0.1) is 0 Å². The monoisotopic (exact) mass is 194 g/mol. The van der Waals surface area contributed by atoms with Gasteiger partial charge in [0.25, 0.3) is 0 Å². The largest absolute Gasteiger partial charge is 0.141 e. The van der Waals surface area contributed by atoms with Crippen LogP contribution in [0.1, 0.15) is 4.88 Å². The van der Waals surface area contributed by atoms with Crippen LogP contribution in [-0.4, -0.2) is 6.26 Å². The summed E-state index contributed by atoms with van der Waals surface area (Å²) >= 11 is 3.67. The zero-order chi connectivity index (χ0) is 8.55. The first-order valence-corrected chi connectivity index (χ1v) is 5.88. The van der Waals surface area contributed by atoms with Crippen molar-refractivity contribution in [2.45, 2.75) is 11.8 Å². The van der Waals surface area contributed by atoms with Crippen molar-refractivity contribution in [3.05, 3.63) is 29.1 Å². The molecule has 0 atom stereocenters. The molecule has 62 valence electrons. The van der Waals surface area contributed by atoms with Crippen molar-refractivity contribution in [1.29, 1.82) is 0 Å². The molecule has 0 N–H and O–H groups in total. The van der Waals surface area contributed by atoms with Gasteiger partial charge in [-0.3, -0.25) is 0 Å². The van der Waals surface area contributed by atoms with Gasteiger partial charge in [-0.25, -0.2) is 0 Å². The van der Waals surface area contributed by atoms with E-state index in [0.29, 0.717) is 0 Å². The third kappa shape index (κ3) is 1.37. The van der Waals surface area contributed by atoms with E-state index in [4.69, 9.17) is 0 Å². The van der Waals surface area contributed by atoms with Gasteiger partial charge < -0.3 is 0 Å². The van der Waals surface area contributed by atoms with E-state index in [0.717, 1.165) is 0 Å². The molecule has 0 saturated heterocycles. The third-order valence-corrected chi connectivity index (χ3v) is 3.59. The van der Waals surface area contributed by atoms with Gasteiger partial charge in [0.15, 0.2) is 0 Å². The summed E-state index contributed by atoms with van der Waals surface area (Å²) < 4.78 is 1.40. The highest BCUT2D eigenvalue weighted by molar-refractivity contribution is 7.98. The average Bonchev–Trinajstić information content (AvgIpc) is 2.43. The molecule has 2 aromatic rings. The molecule has 0 saturated carbocycles. The molecule has 0 aliphatic heterocycles. The van der Waals surface area contributed by atoms with Crippen molar-refractivity contribution >= 4 is 33.2 Å². The molecule has 12 heavy (non-hydrogen) atoms. The summed E-state index contributed by atoms with van der Waals surface area (Å²) in [6, 6.07) is 8.88. The molecule has 0 fully saturated rings. The molecule has 0 bridgehead atoms. The fourth-order valence-corrected chi connectivity index (χ4v) is 2.75. The Morgan fingerprint density at radius 1 is 1.25 bits per heavy atom. The van der Waals surface area contributed by atoms with Crippen LogP contribution in [0.15, 0.2) is 29.2 Å². The summed E-state index contributed by atoms with van der Waals surface area (Å²) in [6.07, 6.45) is 2.11. The molecule has 2 heteroatoms. The van der Waals surface area contributed by atoms with Crippen LogP contribution in [0.3, 0.4) is 0 Å². The molecule has 2 rings (SSSR count). The number of hydrogen-bond donors (Lipinski definition) is 0. The lowest BCUT2D eigenvalue weighted by atomic mass is 10.2. The van der Waals surface area contributed by atoms with Gasteiger partial charge >= 0.3 is 0 Å². The zero-order valence-corrected chi connectivity index (χ0v) is 8.76. The maximum absolute atomic E-state index is 2.26. The van der Waals surface area contributed by atoms with E-state index < -0.39 is 0 Å². The van der Waals surface area contributed by atoms with Crippen molar-refractivity contribution in [1.82, 2.24) is 0 Å². The lowest BCUT2D eigenvalue weighted by molar-refractivity contribution is 1.53. The minimum absolute atomic E-state index is 1.35. The summed E-state index contributed by atoms with van der Waals surface area (Å²) in [6.45, 7) is 2.16. The first-order chi connectivity index (χ1) is 5.79. The molecule has 0 aliphatic carbocycles. The van der Waals surface area contributed by atoms with Gasteiger partial charge in [-0.05, 0) is 36.8 Å². The topological polar surface area (TPSA) is 0 Å². The molecule has 1 aromatic carbocycles. The predicted molar refractivity (Wildman–Crippen MR) is 58.3 cm³/mol. The van der Waals surface area contributed by atoms with Crippen LogP contribution in [0.4, 0.5) is 0 Å². The standard InChI is InChI=1S/C10H10S2/c1-7-5-8-3-4-9(11-2)6-10(8)12-7/h3-6H,1-2H3. The van der Waals surface area contributed by atoms with Crippen LogP contribution in [0.2, 0.25) is 0 Å². The van der Waals surface area contributed by atoms with Crippen molar-refractivity contribution in [3.63, 3.8) is 0 Å². The Hall–Kier alpha value is -0.470. The summed E-state index contributed by atoms with van der Waals surface area (Å²) in [5, 5.41) is 1.37. The zero-order valence-electron chi connectivity index (χ0n) is 7.13. The average molecular weight is 194 g/mol. The van der Waals surface area contributed by atoms with E-state index in [-0.39, 0.29) is 0 Å². The van der Waals surface area contributed by atoms with E-state index in [1.165, 1.54) is 19.9 Å². The quantitative estimate of drug-likeness (QED) is 0.620. The summed E-state index contributed by atoms with van der Waals surface area (Å²) in [7, 11) is 0. The van der Waals surface area contributed by atoms with Gasteiger partial charge in [0.1, 0.15) is 0 Å². The number of thioether (sulfide) groups is 1. The van der Waals surface area contributed by atoms with E-state index in [1.807, 2.05) is 11.3 Å². The fraction of sp³-hybridized carbons (Fsp3) is 0.200. The number of rotatable bonds is 1. The van der Waals surface area contributed by atoms with Gasteiger partial charge in [-0.1, -0.05) is 6.07 Å². The second-order valence-electron chi connectivity index (χ2n) is 2.76. The molecule has 1 heterocycles. The molecular formula is C10H10S2. The SMILES string of the molecule is CSc1ccc2cc(C)sc2c1. The van der Waals surface area contributed by atoms with Crippen molar-refractivity contribution in [2.24, 2.45) is 0 Å². The number of benzene rings is 1. The summed E-state index contributed by atoms with van der Waals surface area (Å²) in [5.74, 6) is 0. The maximum Gasteiger partial charge on any atom is 0.0356 e. The third-order valence-electron chi connectivity index (χ3n) is 1.85. The maximum atomic E-state index is 2.26. The Morgan fingerprint density at radius 2 is 2.08 bits per heavy atom. The molecule has 0 aliphatic rings. The Bertz CT molecular complexity index is 401. The number of thiophene rings is 1. The van der Waals surface area contributed by atoms with Crippen LogP contribution in [0, 0.1) is 6.92 Å². The molecule has 0 nitrogen and oxygen atoms in total. The Morgan fingerprint density at radius 3 is 2.83 bits per heavy atom. The van der Waals surface area contributed by atoms with Crippen molar-refractivity contribution < 1.29 is 0 Å². The minimum Gasteiger partial charge on any atom is -0.141 e. The molecule has 0 spiro atoms. The van der Waals surface area contributed by atoms with Crippen LogP contribution >= 0.6 is 23.1 Å². The molecule has 0 unspecified atom stereocenters. The van der Waals surface area contributed by atoms with E-state index >= 15 is 0 Å². The minimum atomic E-state index is 1.35. The van der Waals surface area contributed by atoms with Crippen LogP contribution in [-0.2, 0) is 0 Å².